The fraction of sp³-hybridized carbons (Fsp3) is 0.342. The van der Waals surface area contributed by atoms with Crippen molar-refractivity contribution in [1.82, 2.24) is 33.9 Å². The summed E-state index contributed by atoms with van der Waals surface area (Å²) in [5.74, 6) is 0.611. The highest BCUT2D eigenvalue weighted by atomic mass is 32.1. The lowest BCUT2D eigenvalue weighted by molar-refractivity contribution is -0.142. The zero-order valence-corrected chi connectivity index (χ0v) is 29.9. The Morgan fingerprint density at radius 3 is 2.61 bits per heavy atom. The quantitative estimate of drug-likeness (QED) is 0.210. The van der Waals surface area contributed by atoms with Gasteiger partial charge in [0.05, 0.1) is 30.3 Å². The zero-order chi connectivity index (χ0) is 35.0. The summed E-state index contributed by atoms with van der Waals surface area (Å²) in [6.45, 7) is 3.36. The number of ether oxygens (including phenoxy) is 1. The van der Waals surface area contributed by atoms with Crippen molar-refractivity contribution in [2.75, 3.05) is 33.3 Å². The van der Waals surface area contributed by atoms with Gasteiger partial charge in [-0.3, -0.25) is 19.1 Å². The molecule has 2 aliphatic rings. The Hall–Kier alpha value is -4.69. The van der Waals surface area contributed by atoms with Crippen LogP contribution in [0.4, 0.5) is 0 Å². The monoisotopic (exact) mass is 721 g/mol. The van der Waals surface area contributed by atoms with Crippen molar-refractivity contribution in [3.05, 3.63) is 111 Å². The van der Waals surface area contributed by atoms with Gasteiger partial charge in [-0.1, -0.05) is 30.3 Å². The highest BCUT2D eigenvalue weighted by Gasteiger charge is 2.41. The molecule has 8 rings (SSSR count). The largest absolute Gasteiger partial charge is 0.481 e. The number of aromatic nitrogens is 5. The van der Waals surface area contributed by atoms with Gasteiger partial charge in [0.1, 0.15) is 11.3 Å². The van der Waals surface area contributed by atoms with Crippen molar-refractivity contribution in [1.29, 1.82) is 0 Å². The number of methoxy groups -OCH3 is 1. The maximum absolute atomic E-state index is 14.2. The van der Waals surface area contributed by atoms with E-state index in [0.29, 0.717) is 42.8 Å². The van der Waals surface area contributed by atoms with Gasteiger partial charge in [0, 0.05) is 78.5 Å². The van der Waals surface area contributed by atoms with Crippen LogP contribution in [-0.2, 0) is 17.9 Å². The predicted molar refractivity (Wildman–Crippen MR) is 198 cm³/mol. The number of hydrogen-bond acceptors (Lipinski definition) is 10. The first kappa shape index (κ1) is 33.5. The topological polar surface area (TPSA) is 119 Å². The second kappa shape index (κ2) is 14.1. The number of carbonyl (C=O) groups excluding carboxylic acids is 1. The van der Waals surface area contributed by atoms with Crippen molar-refractivity contribution < 1.29 is 14.6 Å². The van der Waals surface area contributed by atoms with E-state index < -0.39 is 5.60 Å². The lowest BCUT2D eigenvalue weighted by Crippen LogP contribution is -2.53. The summed E-state index contributed by atoms with van der Waals surface area (Å²) >= 11 is 3.25. The van der Waals surface area contributed by atoms with Crippen LogP contribution >= 0.6 is 22.7 Å². The molecule has 13 heteroatoms. The minimum absolute atomic E-state index is 0.0456. The third-order valence-electron chi connectivity index (χ3n) is 10.3. The van der Waals surface area contributed by atoms with E-state index in [1.807, 2.05) is 69.0 Å². The molecule has 2 aliphatic heterocycles. The van der Waals surface area contributed by atoms with Crippen molar-refractivity contribution in [3.63, 3.8) is 0 Å². The van der Waals surface area contributed by atoms with Gasteiger partial charge >= 0.3 is 0 Å². The number of thiophene rings is 1. The summed E-state index contributed by atoms with van der Waals surface area (Å²) in [6.07, 6.45) is 8.65. The Kier molecular flexibility index (Phi) is 9.28. The van der Waals surface area contributed by atoms with E-state index in [9.17, 15) is 14.7 Å². The van der Waals surface area contributed by atoms with Crippen LogP contribution in [0.2, 0.25) is 0 Å². The van der Waals surface area contributed by atoms with Gasteiger partial charge < -0.3 is 19.3 Å². The molecule has 7 heterocycles. The first-order valence-corrected chi connectivity index (χ1v) is 19.0. The van der Waals surface area contributed by atoms with E-state index in [-0.39, 0.29) is 29.8 Å². The molecule has 5 aromatic heterocycles. The zero-order valence-electron chi connectivity index (χ0n) is 28.3. The van der Waals surface area contributed by atoms with E-state index in [0.717, 1.165) is 42.3 Å². The van der Waals surface area contributed by atoms with Gasteiger partial charge in [-0.05, 0) is 54.9 Å². The standard InChI is InChI=1S/C38H39N7O4S2/c1-49-33-8-7-27(19-39-33)35-40-20-29(51-35)21-42-14-9-30(32(22-42)26-5-3-2-4-6-26)36(46)43-16-12-38(48,13-17-43)24-44-25-41-34-31(37(44)47)10-15-45(34)28-11-18-50-23-28/h2-8,10-11,15,18-20,23,25,30,32,48H,9,12-14,16-17,21-22,24H2,1H3/t30-,32+/m1/s1. The third kappa shape index (κ3) is 6.86. The van der Waals surface area contributed by atoms with E-state index in [1.54, 1.807) is 42.0 Å². The number of likely N-dealkylation sites (tertiary alicyclic amines) is 2. The number of hydrogen-bond donors (Lipinski definition) is 1. The molecule has 6 aromatic rings. The summed E-state index contributed by atoms with van der Waals surface area (Å²) in [6, 6.07) is 17.9. The Morgan fingerprint density at radius 1 is 1.02 bits per heavy atom. The summed E-state index contributed by atoms with van der Waals surface area (Å²) in [4.78, 5) is 46.7. The molecule has 0 radical (unpaired) electrons. The molecule has 1 N–H and O–H groups in total. The predicted octanol–water partition coefficient (Wildman–Crippen LogP) is 5.44. The number of aliphatic hydroxyl groups is 1. The molecule has 0 unspecified atom stereocenters. The van der Waals surface area contributed by atoms with Crippen LogP contribution in [0.1, 0.15) is 35.6 Å². The fourth-order valence-electron chi connectivity index (χ4n) is 7.48. The third-order valence-corrected chi connectivity index (χ3v) is 12.0. The molecule has 51 heavy (non-hydrogen) atoms. The maximum atomic E-state index is 14.2. The van der Waals surface area contributed by atoms with Crippen LogP contribution in [-0.4, -0.2) is 83.8 Å². The van der Waals surface area contributed by atoms with Crippen LogP contribution in [0.25, 0.3) is 27.3 Å². The van der Waals surface area contributed by atoms with Gasteiger partial charge in [0.15, 0.2) is 5.65 Å². The number of benzene rings is 1. The first-order chi connectivity index (χ1) is 24.9. The molecule has 2 atom stereocenters. The van der Waals surface area contributed by atoms with Crippen molar-refractivity contribution in [3.8, 4) is 22.1 Å². The highest BCUT2D eigenvalue weighted by Crippen LogP contribution is 2.37. The number of fused-ring (bicyclic) bond motifs is 1. The molecular formula is C38H39N7O4S2. The number of thiazole rings is 1. The maximum Gasteiger partial charge on any atom is 0.262 e. The number of piperidine rings is 2. The molecule has 0 aliphatic carbocycles. The number of pyridine rings is 1. The van der Waals surface area contributed by atoms with E-state index in [4.69, 9.17) is 4.74 Å². The van der Waals surface area contributed by atoms with Crippen LogP contribution in [0, 0.1) is 5.92 Å². The average molecular weight is 722 g/mol. The Morgan fingerprint density at radius 2 is 1.86 bits per heavy atom. The van der Waals surface area contributed by atoms with Crippen LogP contribution in [0.15, 0.2) is 95.1 Å². The second-order valence-electron chi connectivity index (χ2n) is 13.5. The average Bonchev–Trinajstić information content (AvgIpc) is 3.95. The smallest absolute Gasteiger partial charge is 0.262 e. The van der Waals surface area contributed by atoms with Gasteiger partial charge in [-0.2, -0.15) is 11.3 Å². The normalized spacial score (nSPS) is 19.4. The molecule has 0 bridgehead atoms. The summed E-state index contributed by atoms with van der Waals surface area (Å²) in [5.41, 5.74) is 2.41. The molecule has 2 fully saturated rings. The first-order valence-electron chi connectivity index (χ1n) is 17.2. The molecule has 1 amide bonds. The van der Waals surface area contributed by atoms with Crippen LogP contribution in [0.3, 0.4) is 0 Å². The molecular weight excluding hydrogens is 683 g/mol. The summed E-state index contributed by atoms with van der Waals surface area (Å²) < 4.78 is 8.61. The summed E-state index contributed by atoms with van der Waals surface area (Å²) in [5, 5.41) is 17.1. The minimum Gasteiger partial charge on any atom is -0.481 e. The van der Waals surface area contributed by atoms with Crippen LogP contribution in [0.5, 0.6) is 5.88 Å². The fourth-order valence-corrected chi connectivity index (χ4v) is 9.05. The lowest BCUT2D eigenvalue weighted by Gasteiger charge is -2.43. The van der Waals surface area contributed by atoms with E-state index in [2.05, 4.69) is 32.0 Å². The molecule has 11 nitrogen and oxygen atoms in total. The van der Waals surface area contributed by atoms with Crippen molar-refractivity contribution in [2.45, 2.75) is 43.9 Å². The Balaban J connectivity index is 0.925. The number of rotatable bonds is 9. The molecule has 0 spiro atoms. The Bertz CT molecular complexity index is 2170. The number of amides is 1. The Labute approximate surface area is 303 Å². The summed E-state index contributed by atoms with van der Waals surface area (Å²) in [7, 11) is 1.60. The number of nitrogens with zero attached hydrogens (tertiary/aromatic N) is 7. The van der Waals surface area contributed by atoms with Crippen LogP contribution < -0.4 is 10.3 Å². The van der Waals surface area contributed by atoms with Gasteiger partial charge in [-0.25, -0.2) is 15.0 Å². The van der Waals surface area contributed by atoms with Gasteiger partial charge in [0.25, 0.3) is 5.56 Å². The highest BCUT2D eigenvalue weighted by molar-refractivity contribution is 7.15. The molecule has 2 saturated heterocycles. The second-order valence-corrected chi connectivity index (χ2v) is 15.4. The lowest BCUT2D eigenvalue weighted by atomic mass is 9.79. The van der Waals surface area contributed by atoms with Gasteiger partial charge in [-0.15, -0.1) is 11.3 Å². The minimum atomic E-state index is -1.11. The molecule has 262 valence electrons. The van der Waals surface area contributed by atoms with Crippen molar-refractivity contribution in [2.24, 2.45) is 5.92 Å². The molecule has 1 aromatic carbocycles. The molecule has 0 saturated carbocycles. The van der Waals surface area contributed by atoms with E-state index in [1.165, 1.54) is 21.3 Å². The van der Waals surface area contributed by atoms with Gasteiger partial charge in [0.2, 0.25) is 11.8 Å². The van der Waals surface area contributed by atoms with Crippen molar-refractivity contribution >= 4 is 39.6 Å². The SMILES string of the molecule is COc1ccc(-c2ncc(CN3CC[C@@H](C(=O)N4CCC(O)(Cn5cnc6c(ccn6-c6ccsc6)c5=O)CC4)[C@H](c4ccccc4)C3)s2)cn1. The number of carbonyl (C=O) groups is 1. The van der Waals surface area contributed by atoms with E-state index >= 15 is 0 Å².